The summed E-state index contributed by atoms with van der Waals surface area (Å²) in [5, 5.41) is 0. The molecule has 0 rings (SSSR count). The normalized spacial score (nSPS) is 9.64. The molecule has 0 aliphatic carbocycles. The lowest BCUT2D eigenvalue weighted by Crippen LogP contribution is -2.04. The minimum absolute atomic E-state index is 0.0655. The third-order valence-electron chi connectivity index (χ3n) is 1.34. The maximum absolute atomic E-state index is 10.9. The zero-order chi connectivity index (χ0) is 8.69. The van der Waals surface area contributed by atoms with E-state index in [-0.39, 0.29) is 11.6 Å². The zero-order valence-corrected chi connectivity index (χ0v) is 7.05. The largest absolute Gasteiger partial charge is 0.384 e. The molecule has 11 heavy (non-hydrogen) atoms. The summed E-state index contributed by atoms with van der Waals surface area (Å²) in [7, 11) is 1.55. The fourth-order valence-electron chi connectivity index (χ4n) is 0.656. The van der Waals surface area contributed by atoms with E-state index >= 15 is 0 Å². The van der Waals surface area contributed by atoms with Gasteiger partial charge in [0.1, 0.15) is 11.6 Å². The molecule has 0 amide bonds. The van der Waals surface area contributed by atoms with Crippen molar-refractivity contribution in [1.29, 1.82) is 0 Å². The topological polar surface area (TPSA) is 43.4 Å². The molecule has 0 aromatic rings. The van der Waals surface area contributed by atoms with Crippen molar-refractivity contribution >= 4 is 11.6 Å². The van der Waals surface area contributed by atoms with E-state index in [4.69, 9.17) is 4.74 Å². The lowest BCUT2D eigenvalue weighted by atomic mass is 10.1. The van der Waals surface area contributed by atoms with E-state index in [1.54, 1.807) is 7.11 Å². The summed E-state index contributed by atoms with van der Waals surface area (Å²) < 4.78 is 4.71. The first-order chi connectivity index (χ1) is 5.16. The molecule has 0 aromatic carbocycles. The minimum Gasteiger partial charge on any atom is -0.384 e. The molecular weight excluding hydrogens is 144 g/mol. The molecular formula is C8H14O3. The Kier molecular flexibility index (Phi) is 5.65. The van der Waals surface area contributed by atoms with Crippen LogP contribution < -0.4 is 0 Å². The summed E-state index contributed by atoms with van der Waals surface area (Å²) in [6.45, 7) is 1.94. The number of methoxy groups -OCH3 is 1. The predicted octanol–water partition coefficient (Wildman–Crippen LogP) is 0.961. The molecule has 64 valence electrons. The molecule has 0 aliphatic heterocycles. The Labute approximate surface area is 66.7 Å². The van der Waals surface area contributed by atoms with E-state index < -0.39 is 0 Å². The van der Waals surface area contributed by atoms with Gasteiger partial charge in [-0.15, -0.1) is 0 Å². The van der Waals surface area contributed by atoms with Gasteiger partial charge in [-0.05, 0) is 6.92 Å². The van der Waals surface area contributed by atoms with Gasteiger partial charge < -0.3 is 9.53 Å². The Morgan fingerprint density at radius 1 is 1.18 bits per heavy atom. The van der Waals surface area contributed by atoms with Gasteiger partial charge in [0.25, 0.3) is 0 Å². The van der Waals surface area contributed by atoms with Crippen molar-refractivity contribution in [3.63, 3.8) is 0 Å². The Bertz CT molecular complexity index is 140. The van der Waals surface area contributed by atoms with Crippen molar-refractivity contribution in [2.45, 2.75) is 26.2 Å². The number of carbonyl (C=O) groups excluding carboxylic acids is 2. The predicted molar refractivity (Wildman–Crippen MR) is 41.4 cm³/mol. The second-order valence-corrected chi connectivity index (χ2v) is 2.48. The maximum Gasteiger partial charge on any atom is 0.135 e. The molecule has 0 heterocycles. The van der Waals surface area contributed by atoms with Gasteiger partial charge in [-0.3, -0.25) is 4.79 Å². The van der Waals surface area contributed by atoms with Gasteiger partial charge in [-0.2, -0.15) is 0 Å². The molecule has 3 heteroatoms. The van der Waals surface area contributed by atoms with Crippen LogP contribution in [-0.2, 0) is 14.3 Å². The van der Waals surface area contributed by atoms with E-state index in [9.17, 15) is 9.59 Å². The number of ketones is 2. The second-order valence-electron chi connectivity index (χ2n) is 2.48. The summed E-state index contributed by atoms with van der Waals surface area (Å²) in [5.74, 6) is 0.165. The van der Waals surface area contributed by atoms with Gasteiger partial charge in [0, 0.05) is 26.4 Å². The highest BCUT2D eigenvalue weighted by Gasteiger charge is 2.02. The van der Waals surface area contributed by atoms with Gasteiger partial charge in [0.2, 0.25) is 0 Å². The molecule has 0 fully saturated rings. The van der Waals surface area contributed by atoms with E-state index in [0.29, 0.717) is 25.9 Å². The molecule has 0 aliphatic rings. The van der Waals surface area contributed by atoms with Crippen LogP contribution in [0.2, 0.25) is 0 Å². The molecule has 0 saturated carbocycles. The number of hydrogen-bond acceptors (Lipinski definition) is 3. The molecule has 0 atom stereocenters. The van der Waals surface area contributed by atoms with Crippen LogP contribution in [0.5, 0.6) is 0 Å². The van der Waals surface area contributed by atoms with Crippen LogP contribution in [0, 0.1) is 0 Å². The summed E-state index contributed by atoms with van der Waals surface area (Å²) in [5.41, 5.74) is 0. The fourth-order valence-corrected chi connectivity index (χ4v) is 0.656. The summed E-state index contributed by atoms with van der Waals surface area (Å²) in [6, 6.07) is 0. The Balaban J connectivity index is 3.30. The smallest absolute Gasteiger partial charge is 0.135 e. The Hall–Kier alpha value is -0.700. The van der Waals surface area contributed by atoms with Crippen molar-refractivity contribution in [2.75, 3.05) is 13.7 Å². The lowest BCUT2D eigenvalue weighted by Gasteiger charge is -1.96. The highest BCUT2D eigenvalue weighted by molar-refractivity contribution is 5.84. The molecule has 3 nitrogen and oxygen atoms in total. The number of Topliss-reactive ketones (excluding diaryl/α,β-unsaturated/α-hetero) is 2. The molecule has 0 saturated heterocycles. The van der Waals surface area contributed by atoms with Crippen molar-refractivity contribution in [3.8, 4) is 0 Å². The van der Waals surface area contributed by atoms with E-state index in [0.717, 1.165) is 0 Å². The van der Waals surface area contributed by atoms with Gasteiger partial charge in [-0.25, -0.2) is 0 Å². The van der Waals surface area contributed by atoms with Crippen LogP contribution in [0.1, 0.15) is 26.2 Å². The summed E-state index contributed by atoms with van der Waals surface area (Å²) in [6.07, 6.45) is 1.14. The van der Waals surface area contributed by atoms with E-state index in [1.165, 1.54) is 6.92 Å². The van der Waals surface area contributed by atoms with Crippen molar-refractivity contribution in [2.24, 2.45) is 0 Å². The zero-order valence-electron chi connectivity index (χ0n) is 7.05. The van der Waals surface area contributed by atoms with Gasteiger partial charge in [0.05, 0.1) is 6.61 Å². The van der Waals surface area contributed by atoms with Gasteiger partial charge >= 0.3 is 0 Å². The molecule has 0 radical (unpaired) electrons. The number of carbonyl (C=O) groups is 2. The second kappa shape index (κ2) is 6.04. The summed E-state index contributed by atoms with van der Waals surface area (Å²) >= 11 is 0. The standard InChI is InChI=1S/C8H14O3/c1-7(9)3-4-8(10)5-6-11-2/h3-6H2,1-2H3. The summed E-state index contributed by atoms with van der Waals surface area (Å²) in [4.78, 5) is 21.3. The Morgan fingerprint density at radius 2 is 1.82 bits per heavy atom. The SMILES string of the molecule is COCCC(=O)CCC(C)=O. The number of hydrogen-bond donors (Lipinski definition) is 0. The third-order valence-corrected chi connectivity index (χ3v) is 1.34. The maximum atomic E-state index is 10.9. The highest BCUT2D eigenvalue weighted by atomic mass is 16.5. The van der Waals surface area contributed by atoms with Crippen LogP contribution in [0.25, 0.3) is 0 Å². The van der Waals surface area contributed by atoms with Crippen LogP contribution in [0.4, 0.5) is 0 Å². The molecule has 0 N–H and O–H groups in total. The third kappa shape index (κ3) is 7.19. The molecule has 0 bridgehead atoms. The van der Waals surface area contributed by atoms with E-state index in [1.807, 2.05) is 0 Å². The lowest BCUT2D eigenvalue weighted by molar-refractivity contribution is -0.123. The Morgan fingerprint density at radius 3 is 2.27 bits per heavy atom. The van der Waals surface area contributed by atoms with Crippen molar-refractivity contribution < 1.29 is 14.3 Å². The van der Waals surface area contributed by atoms with E-state index in [2.05, 4.69) is 0 Å². The van der Waals surface area contributed by atoms with Crippen LogP contribution in [0.15, 0.2) is 0 Å². The van der Waals surface area contributed by atoms with Crippen molar-refractivity contribution in [3.05, 3.63) is 0 Å². The highest BCUT2D eigenvalue weighted by Crippen LogP contribution is 1.95. The first-order valence-electron chi connectivity index (χ1n) is 3.67. The van der Waals surface area contributed by atoms with Crippen molar-refractivity contribution in [1.82, 2.24) is 0 Å². The monoisotopic (exact) mass is 158 g/mol. The first-order valence-corrected chi connectivity index (χ1v) is 3.67. The molecule has 0 spiro atoms. The average molecular weight is 158 g/mol. The molecule has 0 unspecified atom stereocenters. The number of rotatable bonds is 6. The average Bonchev–Trinajstić information content (AvgIpc) is 1.97. The van der Waals surface area contributed by atoms with Gasteiger partial charge in [-0.1, -0.05) is 0 Å². The number of ether oxygens (including phenoxy) is 1. The quantitative estimate of drug-likeness (QED) is 0.578. The first kappa shape index (κ1) is 10.3. The van der Waals surface area contributed by atoms with Crippen LogP contribution in [-0.4, -0.2) is 25.3 Å². The molecule has 0 aromatic heterocycles. The van der Waals surface area contributed by atoms with Crippen LogP contribution >= 0.6 is 0 Å². The minimum atomic E-state index is 0.0655. The fraction of sp³-hybridized carbons (Fsp3) is 0.750. The van der Waals surface area contributed by atoms with Crippen LogP contribution in [0.3, 0.4) is 0 Å². The van der Waals surface area contributed by atoms with Gasteiger partial charge in [0.15, 0.2) is 0 Å².